The highest BCUT2D eigenvalue weighted by Gasteiger charge is 2.26. The number of rotatable bonds is 9. The van der Waals surface area contributed by atoms with Crippen LogP contribution in [0.4, 0.5) is 4.39 Å². The zero-order valence-electron chi connectivity index (χ0n) is 15.6. The molecule has 0 unspecified atom stereocenters. The molecule has 0 aliphatic rings. The normalized spacial score (nSPS) is 11.6. The van der Waals surface area contributed by atoms with E-state index >= 15 is 0 Å². The van der Waals surface area contributed by atoms with E-state index in [9.17, 15) is 17.6 Å². The molecule has 146 valence electrons. The summed E-state index contributed by atoms with van der Waals surface area (Å²) in [6.07, 6.45) is 1.76. The summed E-state index contributed by atoms with van der Waals surface area (Å²) >= 11 is 0. The maximum atomic E-state index is 13.1. The van der Waals surface area contributed by atoms with E-state index in [4.69, 9.17) is 0 Å². The lowest BCUT2D eigenvalue weighted by Crippen LogP contribution is -2.40. The zero-order valence-corrected chi connectivity index (χ0v) is 16.4. The van der Waals surface area contributed by atoms with Crippen molar-refractivity contribution < 1.29 is 17.6 Å². The monoisotopic (exact) mass is 392 g/mol. The van der Waals surface area contributed by atoms with Gasteiger partial charge < -0.3 is 5.32 Å². The van der Waals surface area contributed by atoms with E-state index < -0.39 is 15.8 Å². The Labute approximate surface area is 160 Å². The lowest BCUT2D eigenvalue weighted by atomic mass is 10.2. The van der Waals surface area contributed by atoms with Crippen LogP contribution in [0, 0.1) is 12.7 Å². The summed E-state index contributed by atoms with van der Waals surface area (Å²) in [6, 6.07) is 12.0. The van der Waals surface area contributed by atoms with Crippen LogP contribution in [0.5, 0.6) is 0 Å². The molecule has 0 bridgehead atoms. The van der Waals surface area contributed by atoms with Crippen LogP contribution in [0.3, 0.4) is 0 Å². The van der Waals surface area contributed by atoms with Gasteiger partial charge in [0.05, 0.1) is 11.4 Å². The van der Waals surface area contributed by atoms with Crippen LogP contribution < -0.4 is 5.32 Å². The Bertz CT molecular complexity index is 850. The summed E-state index contributed by atoms with van der Waals surface area (Å²) in [5.41, 5.74) is 1.55. The lowest BCUT2D eigenvalue weighted by molar-refractivity contribution is -0.121. The maximum absolute atomic E-state index is 13.1. The molecule has 0 heterocycles. The van der Waals surface area contributed by atoms with E-state index in [-0.39, 0.29) is 23.9 Å². The van der Waals surface area contributed by atoms with Crippen molar-refractivity contribution in [3.63, 3.8) is 0 Å². The molecule has 0 spiro atoms. The second kappa shape index (κ2) is 9.62. The number of carbonyl (C=O) groups is 1. The first kappa shape index (κ1) is 21.1. The van der Waals surface area contributed by atoms with Crippen molar-refractivity contribution in [3.8, 4) is 0 Å². The fraction of sp³-hybridized carbons (Fsp3) is 0.350. The molecule has 2 aromatic rings. The predicted molar refractivity (Wildman–Crippen MR) is 103 cm³/mol. The number of hydrogen-bond donors (Lipinski definition) is 1. The van der Waals surface area contributed by atoms with Gasteiger partial charge in [0.2, 0.25) is 15.9 Å². The largest absolute Gasteiger partial charge is 0.355 e. The van der Waals surface area contributed by atoms with E-state index in [0.29, 0.717) is 12.1 Å². The minimum absolute atomic E-state index is 0.0162. The van der Waals surface area contributed by atoms with Gasteiger partial charge in [-0.2, -0.15) is 4.31 Å². The number of halogens is 1. The standard InChI is InChI=1S/C20H25FN2O3S/c1-3-4-13-22-20(24)15-23(14-17-7-9-18(21)10-8-17)27(25,26)19-11-5-16(2)6-12-19/h5-12H,3-4,13-15H2,1-2H3,(H,22,24). The third kappa shape index (κ3) is 6.15. The molecule has 5 nitrogen and oxygen atoms in total. The topological polar surface area (TPSA) is 66.5 Å². The van der Waals surface area contributed by atoms with Gasteiger partial charge in [0.1, 0.15) is 5.82 Å². The van der Waals surface area contributed by atoms with Crippen molar-refractivity contribution in [2.24, 2.45) is 0 Å². The van der Waals surface area contributed by atoms with Crippen LogP contribution in [0.25, 0.3) is 0 Å². The molecule has 0 aromatic heterocycles. The average molecular weight is 392 g/mol. The number of sulfonamides is 1. The molecule has 0 atom stereocenters. The third-order valence-electron chi connectivity index (χ3n) is 4.10. The third-order valence-corrected chi connectivity index (χ3v) is 5.91. The van der Waals surface area contributed by atoms with Gasteiger partial charge in [-0.1, -0.05) is 43.2 Å². The van der Waals surface area contributed by atoms with Crippen molar-refractivity contribution in [1.29, 1.82) is 0 Å². The van der Waals surface area contributed by atoms with Crippen molar-refractivity contribution in [2.45, 2.75) is 38.1 Å². The summed E-state index contributed by atoms with van der Waals surface area (Å²) in [6.45, 7) is 4.07. The minimum Gasteiger partial charge on any atom is -0.355 e. The van der Waals surface area contributed by atoms with Crippen molar-refractivity contribution in [2.75, 3.05) is 13.1 Å². The first-order valence-electron chi connectivity index (χ1n) is 8.91. The second-order valence-corrected chi connectivity index (χ2v) is 8.35. The Balaban J connectivity index is 2.25. The van der Waals surface area contributed by atoms with Crippen LogP contribution >= 0.6 is 0 Å². The first-order valence-corrected chi connectivity index (χ1v) is 10.3. The van der Waals surface area contributed by atoms with Gasteiger partial charge in [-0.3, -0.25) is 4.79 Å². The number of amides is 1. The Kier molecular flexibility index (Phi) is 7.50. The molecule has 2 rings (SSSR count). The van der Waals surface area contributed by atoms with Crippen LogP contribution in [0.1, 0.15) is 30.9 Å². The van der Waals surface area contributed by atoms with Gasteiger partial charge in [-0.05, 0) is 43.2 Å². The molecule has 0 radical (unpaired) electrons. The quantitative estimate of drug-likeness (QED) is 0.666. The molecule has 0 fully saturated rings. The molecular formula is C20H25FN2O3S. The number of hydrogen-bond acceptors (Lipinski definition) is 3. The molecule has 0 saturated heterocycles. The van der Waals surface area contributed by atoms with Crippen molar-refractivity contribution >= 4 is 15.9 Å². The van der Waals surface area contributed by atoms with E-state index in [1.165, 1.54) is 36.4 Å². The molecule has 1 amide bonds. The molecule has 2 aromatic carbocycles. The SMILES string of the molecule is CCCCNC(=O)CN(Cc1ccc(F)cc1)S(=O)(=O)c1ccc(C)cc1. The number of unbranched alkanes of at least 4 members (excludes halogenated alkanes) is 1. The summed E-state index contributed by atoms with van der Waals surface area (Å²) in [7, 11) is -3.87. The summed E-state index contributed by atoms with van der Waals surface area (Å²) in [4.78, 5) is 12.3. The smallest absolute Gasteiger partial charge is 0.243 e. The van der Waals surface area contributed by atoms with Gasteiger partial charge in [0, 0.05) is 13.1 Å². The van der Waals surface area contributed by atoms with Gasteiger partial charge in [-0.25, -0.2) is 12.8 Å². The Hall–Kier alpha value is -2.25. The molecular weight excluding hydrogens is 367 g/mol. The minimum atomic E-state index is -3.87. The van der Waals surface area contributed by atoms with Crippen molar-refractivity contribution in [1.82, 2.24) is 9.62 Å². The van der Waals surface area contributed by atoms with Gasteiger partial charge in [0.25, 0.3) is 0 Å². The summed E-state index contributed by atoms with van der Waals surface area (Å²) in [5.74, 6) is -0.759. The van der Waals surface area contributed by atoms with Crippen LogP contribution in [0.2, 0.25) is 0 Å². The molecule has 0 saturated carbocycles. The Morgan fingerprint density at radius 2 is 1.70 bits per heavy atom. The van der Waals surface area contributed by atoms with Gasteiger partial charge >= 0.3 is 0 Å². The molecule has 1 N–H and O–H groups in total. The summed E-state index contributed by atoms with van der Waals surface area (Å²) < 4.78 is 40.4. The highest BCUT2D eigenvalue weighted by Crippen LogP contribution is 2.19. The molecule has 0 aliphatic carbocycles. The number of carbonyl (C=O) groups excluding carboxylic acids is 1. The van der Waals surface area contributed by atoms with E-state index in [2.05, 4.69) is 5.32 Å². The van der Waals surface area contributed by atoms with Gasteiger partial charge in [0.15, 0.2) is 0 Å². The summed E-state index contributed by atoms with van der Waals surface area (Å²) in [5, 5.41) is 2.74. The van der Waals surface area contributed by atoms with Crippen LogP contribution in [-0.2, 0) is 21.4 Å². The predicted octanol–water partition coefficient (Wildman–Crippen LogP) is 3.24. The average Bonchev–Trinajstić information content (AvgIpc) is 2.63. The molecule has 27 heavy (non-hydrogen) atoms. The van der Waals surface area contributed by atoms with Crippen molar-refractivity contribution in [3.05, 3.63) is 65.5 Å². The van der Waals surface area contributed by atoms with E-state index in [1.54, 1.807) is 12.1 Å². The van der Waals surface area contributed by atoms with E-state index in [0.717, 1.165) is 22.7 Å². The second-order valence-electron chi connectivity index (χ2n) is 6.42. The maximum Gasteiger partial charge on any atom is 0.243 e. The number of nitrogens with zero attached hydrogens (tertiary/aromatic N) is 1. The van der Waals surface area contributed by atoms with E-state index in [1.807, 2.05) is 13.8 Å². The molecule has 7 heteroatoms. The molecule has 0 aliphatic heterocycles. The van der Waals surface area contributed by atoms with Crippen LogP contribution in [0.15, 0.2) is 53.4 Å². The Morgan fingerprint density at radius 1 is 1.07 bits per heavy atom. The Morgan fingerprint density at radius 3 is 2.30 bits per heavy atom. The highest BCUT2D eigenvalue weighted by molar-refractivity contribution is 7.89. The van der Waals surface area contributed by atoms with Gasteiger partial charge in [-0.15, -0.1) is 0 Å². The fourth-order valence-corrected chi connectivity index (χ4v) is 3.88. The number of nitrogens with one attached hydrogen (secondary N) is 1. The highest BCUT2D eigenvalue weighted by atomic mass is 32.2. The fourth-order valence-electron chi connectivity index (χ4n) is 2.50. The lowest BCUT2D eigenvalue weighted by Gasteiger charge is -2.22. The zero-order chi connectivity index (χ0) is 19.9. The first-order chi connectivity index (χ1) is 12.8. The number of benzene rings is 2. The van der Waals surface area contributed by atoms with Crippen LogP contribution in [-0.4, -0.2) is 31.7 Å². The number of aryl methyl sites for hydroxylation is 1.